The number of ether oxygens (including phenoxy) is 1. The molecule has 0 N–H and O–H groups in total. The SMILES string of the molecule is C=Cc1cc(S(=O)(=O)c2ccc(C)cc2)c(-c2ccc(OC)cc2)o1. The van der Waals surface area contributed by atoms with E-state index in [1.807, 2.05) is 6.92 Å². The second-order valence-corrected chi connectivity index (χ2v) is 7.51. The van der Waals surface area contributed by atoms with Crippen LogP contribution in [0.3, 0.4) is 0 Å². The maximum absolute atomic E-state index is 13.1. The van der Waals surface area contributed by atoms with E-state index in [0.717, 1.165) is 5.56 Å². The van der Waals surface area contributed by atoms with Crippen molar-refractivity contribution in [2.45, 2.75) is 16.7 Å². The number of furan rings is 1. The van der Waals surface area contributed by atoms with E-state index < -0.39 is 9.84 Å². The predicted molar refractivity (Wildman–Crippen MR) is 97.4 cm³/mol. The first-order valence-electron chi connectivity index (χ1n) is 7.68. The number of hydrogen-bond acceptors (Lipinski definition) is 4. The Morgan fingerprint density at radius 1 is 1.04 bits per heavy atom. The van der Waals surface area contributed by atoms with Gasteiger partial charge >= 0.3 is 0 Å². The van der Waals surface area contributed by atoms with E-state index >= 15 is 0 Å². The van der Waals surface area contributed by atoms with Crippen LogP contribution in [-0.2, 0) is 9.84 Å². The Bertz CT molecular complexity index is 995. The van der Waals surface area contributed by atoms with E-state index in [2.05, 4.69) is 6.58 Å². The number of aryl methyl sites for hydroxylation is 1. The van der Waals surface area contributed by atoms with Gasteiger partial charge in [0.1, 0.15) is 16.4 Å². The molecule has 0 saturated carbocycles. The molecule has 2 aromatic carbocycles. The van der Waals surface area contributed by atoms with Gasteiger partial charge in [-0.25, -0.2) is 8.42 Å². The fraction of sp³-hybridized carbons (Fsp3) is 0.100. The highest BCUT2D eigenvalue weighted by atomic mass is 32.2. The average Bonchev–Trinajstić information content (AvgIpc) is 3.07. The second-order valence-electron chi connectivity index (χ2n) is 5.59. The van der Waals surface area contributed by atoms with Crippen LogP contribution in [0.2, 0.25) is 0 Å². The standard InChI is InChI=1S/C20H18O4S/c1-4-16-13-19(25(21,22)18-11-5-14(2)6-12-18)20(24-16)15-7-9-17(23-3)10-8-15/h4-13H,1H2,2-3H3. The van der Waals surface area contributed by atoms with Gasteiger partial charge in [0, 0.05) is 11.6 Å². The van der Waals surface area contributed by atoms with Crippen molar-refractivity contribution >= 4 is 15.9 Å². The Balaban J connectivity index is 2.16. The first-order chi connectivity index (χ1) is 12.0. The molecule has 4 nitrogen and oxygen atoms in total. The van der Waals surface area contributed by atoms with Gasteiger partial charge in [-0.15, -0.1) is 0 Å². The molecule has 128 valence electrons. The van der Waals surface area contributed by atoms with Gasteiger partial charge in [0.25, 0.3) is 0 Å². The van der Waals surface area contributed by atoms with Crippen molar-refractivity contribution in [1.82, 2.24) is 0 Å². The second kappa shape index (κ2) is 6.61. The lowest BCUT2D eigenvalue weighted by Gasteiger charge is -2.06. The Labute approximate surface area is 147 Å². The number of benzene rings is 2. The van der Waals surface area contributed by atoms with Gasteiger partial charge in [0.05, 0.1) is 12.0 Å². The highest BCUT2D eigenvalue weighted by molar-refractivity contribution is 7.91. The maximum Gasteiger partial charge on any atom is 0.210 e. The third-order valence-corrected chi connectivity index (χ3v) is 5.67. The van der Waals surface area contributed by atoms with E-state index in [9.17, 15) is 8.42 Å². The molecule has 0 fully saturated rings. The summed E-state index contributed by atoms with van der Waals surface area (Å²) in [4.78, 5) is 0.348. The van der Waals surface area contributed by atoms with Gasteiger partial charge < -0.3 is 9.15 Å². The third-order valence-electron chi connectivity index (χ3n) is 3.89. The summed E-state index contributed by atoms with van der Waals surface area (Å²) in [6, 6.07) is 15.3. The van der Waals surface area contributed by atoms with Crippen molar-refractivity contribution in [2.75, 3.05) is 7.11 Å². The van der Waals surface area contributed by atoms with Crippen molar-refractivity contribution in [1.29, 1.82) is 0 Å². The summed E-state index contributed by atoms with van der Waals surface area (Å²) < 4.78 is 37.0. The van der Waals surface area contributed by atoms with Crippen molar-refractivity contribution in [3.8, 4) is 17.1 Å². The lowest BCUT2D eigenvalue weighted by molar-refractivity contribution is 0.415. The molecule has 0 bridgehead atoms. The molecule has 1 aromatic heterocycles. The Kier molecular flexibility index (Phi) is 4.51. The van der Waals surface area contributed by atoms with Gasteiger partial charge in [0.15, 0.2) is 5.76 Å². The van der Waals surface area contributed by atoms with Crippen LogP contribution in [0.25, 0.3) is 17.4 Å². The third kappa shape index (κ3) is 3.23. The van der Waals surface area contributed by atoms with Crippen LogP contribution in [0, 0.1) is 6.92 Å². The van der Waals surface area contributed by atoms with E-state index in [0.29, 0.717) is 17.1 Å². The Hall–Kier alpha value is -2.79. The summed E-state index contributed by atoms with van der Waals surface area (Å²) >= 11 is 0. The molecule has 0 aliphatic rings. The van der Waals surface area contributed by atoms with Gasteiger partial charge in [-0.3, -0.25) is 0 Å². The molecule has 0 aliphatic heterocycles. The van der Waals surface area contributed by atoms with E-state index in [1.54, 1.807) is 55.6 Å². The zero-order valence-corrected chi connectivity index (χ0v) is 14.8. The number of hydrogen-bond donors (Lipinski definition) is 0. The van der Waals surface area contributed by atoms with E-state index in [-0.39, 0.29) is 15.6 Å². The first kappa shape index (κ1) is 17.0. The molecule has 0 amide bonds. The fourth-order valence-electron chi connectivity index (χ4n) is 2.48. The zero-order valence-electron chi connectivity index (χ0n) is 14.0. The molecule has 0 saturated heterocycles. The highest BCUT2D eigenvalue weighted by Crippen LogP contribution is 2.35. The summed E-state index contributed by atoms with van der Waals surface area (Å²) in [5.74, 6) is 1.37. The number of sulfone groups is 1. The molecule has 0 atom stereocenters. The quantitative estimate of drug-likeness (QED) is 0.664. The van der Waals surface area contributed by atoms with Crippen LogP contribution >= 0.6 is 0 Å². The maximum atomic E-state index is 13.1. The van der Waals surface area contributed by atoms with Gasteiger partial charge in [0.2, 0.25) is 9.84 Å². The van der Waals surface area contributed by atoms with Gasteiger partial charge in [-0.05, 0) is 49.4 Å². The smallest absolute Gasteiger partial charge is 0.210 e. The monoisotopic (exact) mass is 354 g/mol. The number of rotatable bonds is 5. The van der Waals surface area contributed by atoms with Gasteiger partial charge in [-0.2, -0.15) is 0 Å². The van der Waals surface area contributed by atoms with Crippen molar-refractivity contribution in [3.63, 3.8) is 0 Å². The summed E-state index contributed by atoms with van der Waals surface area (Å²) in [5, 5.41) is 0. The summed E-state index contributed by atoms with van der Waals surface area (Å²) in [5.41, 5.74) is 1.65. The van der Waals surface area contributed by atoms with Crippen molar-refractivity contribution in [2.24, 2.45) is 0 Å². The molecule has 0 unspecified atom stereocenters. The fourth-order valence-corrected chi connectivity index (χ4v) is 3.90. The Morgan fingerprint density at radius 2 is 1.68 bits per heavy atom. The van der Waals surface area contributed by atoms with Crippen LogP contribution in [0.4, 0.5) is 0 Å². The molecule has 0 aliphatic carbocycles. The molecule has 3 aromatic rings. The minimum Gasteiger partial charge on any atom is -0.497 e. The Morgan fingerprint density at radius 3 is 2.24 bits per heavy atom. The molecular weight excluding hydrogens is 336 g/mol. The lowest BCUT2D eigenvalue weighted by Crippen LogP contribution is -2.02. The van der Waals surface area contributed by atoms with Crippen LogP contribution in [-0.4, -0.2) is 15.5 Å². The summed E-state index contributed by atoms with van der Waals surface area (Å²) in [6.45, 7) is 5.57. The predicted octanol–water partition coefficient (Wildman–Crippen LogP) is 4.74. The van der Waals surface area contributed by atoms with Crippen LogP contribution < -0.4 is 4.74 Å². The van der Waals surface area contributed by atoms with E-state index in [4.69, 9.17) is 9.15 Å². The summed E-state index contributed by atoms with van der Waals surface area (Å²) in [7, 11) is -2.14. The molecule has 0 spiro atoms. The average molecular weight is 354 g/mol. The van der Waals surface area contributed by atoms with Crippen molar-refractivity contribution < 1.29 is 17.6 Å². The van der Waals surface area contributed by atoms with Crippen molar-refractivity contribution in [3.05, 3.63) is 72.5 Å². The highest BCUT2D eigenvalue weighted by Gasteiger charge is 2.26. The van der Waals surface area contributed by atoms with E-state index in [1.165, 1.54) is 12.1 Å². The first-order valence-corrected chi connectivity index (χ1v) is 9.16. The molecular formula is C20H18O4S. The van der Waals surface area contributed by atoms with Crippen LogP contribution in [0.5, 0.6) is 5.75 Å². The molecule has 5 heteroatoms. The van der Waals surface area contributed by atoms with Crippen LogP contribution in [0.15, 0.2) is 75.4 Å². The molecule has 0 radical (unpaired) electrons. The minimum absolute atomic E-state index is 0.122. The lowest BCUT2D eigenvalue weighted by atomic mass is 10.2. The zero-order chi connectivity index (χ0) is 18.0. The molecule has 1 heterocycles. The largest absolute Gasteiger partial charge is 0.497 e. The normalized spacial score (nSPS) is 11.3. The minimum atomic E-state index is -3.71. The molecule has 25 heavy (non-hydrogen) atoms. The number of methoxy groups -OCH3 is 1. The topological polar surface area (TPSA) is 56.5 Å². The molecule has 3 rings (SSSR count). The summed E-state index contributed by atoms with van der Waals surface area (Å²) in [6.07, 6.45) is 1.49. The van der Waals surface area contributed by atoms with Crippen LogP contribution in [0.1, 0.15) is 11.3 Å². The van der Waals surface area contributed by atoms with Gasteiger partial charge in [-0.1, -0.05) is 24.3 Å².